The van der Waals surface area contributed by atoms with Crippen molar-refractivity contribution >= 4 is 17.7 Å². The van der Waals surface area contributed by atoms with Gasteiger partial charge in [0.2, 0.25) is 11.8 Å². The van der Waals surface area contributed by atoms with Crippen LogP contribution >= 0.6 is 0 Å². The van der Waals surface area contributed by atoms with E-state index in [2.05, 4.69) is 10.6 Å². The number of nitrogens with one attached hydrogen (secondary N) is 3. The Morgan fingerprint density at radius 3 is 2.43 bits per heavy atom. The number of amides is 3. The Kier molecular flexibility index (Phi) is 11.1. The number of ether oxygens (including phenoxy) is 1. The molecule has 10 heteroatoms. The maximum atomic E-state index is 12.8. The first kappa shape index (κ1) is 27.7. The molecule has 0 fully saturated rings. The molecule has 0 spiro atoms. The van der Waals surface area contributed by atoms with Crippen molar-refractivity contribution in [1.29, 1.82) is 0 Å². The number of unbranched alkanes of at least 4 members (excludes halogenated alkanes) is 2. The van der Waals surface area contributed by atoms with Crippen LogP contribution in [0.15, 0.2) is 34.7 Å². The summed E-state index contributed by atoms with van der Waals surface area (Å²) < 4.78 is 11.0. The van der Waals surface area contributed by atoms with Crippen LogP contribution in [-0.4, -0.2) is 41.3 Å². The molecule has 5 N–H and O–H groups in total. The van der Waals surface area contributed by atoms with Gasteiger partial charge >= 0.3 is 0 Å². The van der Waals surface area contributed by atoms with Gasteiger partial charge in [-0.3, -0.25) is 19.6 Å². The number of hydrogen-bond donors (Lipinski definition) is 5. The van der Waals surface area contributed by atoms with E-state index in [0.717, 1.165) is 19.3 Å². The maximum absolute atomic E-state index is 12.8. The molecular weight excluding hydrogens is 454 g/mol. The average Bonchev–Trinajstić information content (AvgIpc) is 3.33. The first-order chi connectivity index (χ1) is 16.8. The molecule has 10 nitrogen and oxygen atoms in total. The molecule has 3 amide bonds. The van der Waals surface area contributed by atoms with Gasteiger partial charge in [0, 0.05) is 17.5 Å². The summed E-state index contributed by atoms with van der Waals surface area (Å²) in [5.74, 6) is -1.94. The van der Waals surface area contributed by atoms with Crippen molar-refractivity contribution in [2.45, 2.75) is 52.9 Å². The maximum Gasteiger partial charge on any atom is 0.288 e. The molecule has 0 radical (unpaired) electrons. The summed E-state index contributed by atoms with van der Waals surface area (Å²) in [6, 6.07) is 7.75. The highest BCUT2D eigenvalue weighted by Gasteiger charge is 2.31. The quantitative estimate of drug-likeness (QED) is 0.118. The summed E-state index contributed by atoms with van der Waals surface area (Å²) in [5, 5.41) is 24.2. The SMILES string of the molecule is CCCCC[C@@H](C(=O)NCNC(=O)c1ccc(-c2cc(O)cc(OCC)c2)o1)[C@@H](CC)C(=O)NO. The molecule has 1 aromatic heterocycles. The number of phenolic OH excluding ortho intramolecular Hbond substituents is 1. The van der Waals surface area contributed by atoms with Crippen molar-refractivity contribution in [3.63, 3.8) is 0 Å². The Morgan fingerprint density at radius 2 is 1.77 bits per heavy atom. The predicted molar refractivity (Wildman–Crippen MR) is 129 cm³/mol. The summed E-state index contributed by atoms with van der Waals surface area (Å²) in [6.07, 6.45) is 3.54. The molecule has 35 heavy (non-hydrogen) atoms. The first-order valence-electron chi connectivity index (χ1n) is 11.9. The normalized spacial score (nSPS) is 12.5. The number of carbonyl (C=O) groups excluding carboxylic acids is 3. The first-order valence-corrected chi connectivity index (χ1v) is 11.9. The highest BCUT2D eigenvalue weighted by atomic mass is 16.5. The molecule has 0 aliphatic rings. The number of phenols is 1. The second-order valence-corrected chi connectivity index (χ2v) is 8.13. The largest absolute Gasteiger partial charge is 0.508 e. The molecule has 0 bridgehead atoms. The number of aromatic hydroxyl groups is 1. The third-order valence-corrected chi connectivity index (χ3v) is 5.66. The van der Waals surface area contributed by atoms with Crippen LogP contribution in [0.1, 0.15) is 63.4 Å². The minimum absolute atomic E-state index is 0.00446. The number of benzene rings is 1. The van der Waals surface area contributed by atoms with E-state index >= 15 is 0 Å². The van der Waals surface area contributed by atoms with E-state index in [1.165, 1.54) is 18.2 Å². The van der Waals surface area contributed by atoms with E-state index in [1.54, 1.807) is 24.5 Å². The molecule has 0 aliphatic carbocycles. The lowest BCUT2D eigenvalue weighted by Gasteiger charge is -2.24. The van der Waals surface area contributed by atoms with E-state index in [0.29, 0.717) is 36.5 Å². The number of carbonyl (C=O) groups is 3. The zero-order valence-electron chi connectivity index (χ0n) is 20.4. The molecule has 2 atom stereocenters. The fraction of sp³-hybridized carbons (Fsp3) is 0.480. The van der Waals surface area contributed by atoms with Gasteiger partial charge in [-0.2, -0.15) is 0 Å². The van der Waals surface area contributed by atoms with Crippen molar-refractivity contribution in [2.24, 2.45) is 11.8 Å². The average molecular weight is 490 g/mol. The molecule has 0 aliphatic heterocycles. The van der Waals surface area contributed by atoms with Crippen molar-refractivity contribution < 1.29 is 33.9 Å². The summed E-state index contributed by atoms with van der Waals surface area (Å²) in [5.41, 5.74) is 2.19. The van der Waals surface area contributed by atoms with Gasteiger partial charge < -0.3 is 24.9 Å². The number of furan rings is 1. The molecule has 2 aromatic rings. The second kappa shape index (κ2) is 14.0. The van der Waals surface area contributed by atoms with Crippen LogP contribution in [0.4, 0.5) is 0 Å². The highest BCUT2D eigenvalue weighted by molar-refractivity contribution is 5.92. The van der Waals surface area contributed by atoms with Gasteiger partial charge in [0.25, 0.3) is 5.91 Å². The van der Waals surface area contributed by atoms with Crippen LogP contribution < -0.4 is 20.9 Å². The second-order valence-electron chi connectivity index (χ2n) is 8.13. The molecule has 2 rings (SSSR count). The van der Waals surface area contributed by atoms with Gasteiger partial charge in [-0.05, 0) is 44.0 Å². The van der Waals surface area contributed by atoms with Gasteiger partial charge in [-0.15, -0.1) is 0 Å². The van der Waals surface area contributed by atoms with Crippen LogP contribution in [0.25, 0.3) is 11.3 Å². The molecule has 1 heterocycles. The fourth-order valence-electron chi connectivity index (χ4n) is 3.89. The zero-order valence-corrected chi connectivity index (χ0v) is 20.4. The van der Waals surface area contributed by atoms with E-state index in [4.69, 9.17) is 14.4 Å². The summed E-state index contributed by atoms with van der Waals surface area (Å²) in [6.45, 7) is 5.93. The Balaban J connectivity index is 2.00. The summed E-state index contributed by atoms with van der Waals surface area (Å²) in [4.78, 5) is 37.3. The van der Waals surface area contributed by atoms with E-state index in [-0.39, 0.29) is 24.1 Å². The lowest BCUT2D eigenvalue weighted by atomic mass is 9.84. The summed E-state index contributed by atoms with van der Waals surface area (Å²) >= 11 is 0. The van der Waals surface area contributed by atoms with E-state index < -0.39 is 23.7 Å². The lowest BCUT2D eigenvalue weighted by Crippen LogP contribution is -2.44. The lowest BCUT2D eigenvalue weighted by molar-refractivity contribution is -0.140. The minimum atomic E-state index is -0.677. The van der Waals surface area contributed by atoms with Gasteiger partial charge in [0.1, 0.15) is 17.3 Å². The minimum Gasteiger partial charge on any atom is -0.508 e. The summed E-state index contributed by atoms with van der Waals surface area (Å²) in [7, 11) is 0. The van der Waals surface area contributed by atoms with Gasteiger partial charge in [0.15, 0.2) is 5.76 Å². The Labute approximate surface area is 205 Å². The van der Waals surface area contributed by atoms with E-state index in [9.17, 15) is 19.5 Å². The standard InChI is InChI=1S/C25H35N3O7/c1-4-7-8-9-20(19(5-2)24(31)28-33)23(30)26-15-27-25(32)22-11-10-21(35-22)16-12-17(29)14-18(13-16)34-6-3/h10-14,19-20,29,33H,4-9,15H2,1-3H3,(H,26,30)(H,27,32)(H,28,31)/t19-,20-/m1/s1. The molecule has 0 unspecified atom stereocenters. The number of hydrogen-bond acceptors (Lipinski definition) is 7. The smallest absolute Gasteiger partial charge is 0.288 e. The van der Waals surface area contributed by atoms with Crippen molar-refractivity contribution in [3.8, 4) is 22.8 Å². The van der Waals surface area contributed by atoms with Gasteiger partial charge in [-0.25, -0.2) is 5.48 Å². The zero-order chi connectivity index (χ0) is 25.8. The van der Waals surface area contributed by atoms with Crippen LogP contribution in [0.2, 0.25) is 0 Å². The van der Waals surface area contributed by atoms with Crippen molar-refractivity contribution in [2.75, 3.05) is 13.3 Å². The van der Waals surface area contributed by atoms with Crippen LogP contribution in [-0.2, 0) is 9.59 Å². The monoisotopic (exact) mass is 489 g/mol. The predicted octanol–water partition coefficient (Wildman–Crippen LogP) is 3.58. The van der Waals surface area contributed by atoms with Crippen molar-refractivity contribution in [3.05, 3.63) is 36.1 Å². The van der Waals surface area contributed by atoms with Crippen LogP contribution in [0.5, 0.6) is 11.5 Å². The molecular formula is C25H35N3O7. The third kappa shape index (κ3) is 8.03. The number of hydroxylamine groups is 1. The molecule has 192 valence electrons. The van der Waals surface area contributed by atoms with E-state index in [1.807, 2.05) is 13.8 Å². The Bertz CT molecular complexity index is 989. The Morgan fingerprint density at radius 1 is 1.00 bits per heavy atom. The van der Waals surface area contributed by atoms with Gasteiger partial charge in [-0.1, -0.05) is 33.1 Å². The van der Waals surface area contributed by atoms with Gasteiger partial charge in [0.05, 0.1) is 19.2 Å². The highest BCUT2D eigenvalue weighted by Crippen LogP contribution is 2.30. The van der Waals surface area contributed by atoms with Crippen molar-refractivity contribution in [1.82, 2.24) is 16.1 Å². The fourth-order valence-corrected chi connectivity index (χ4v) is 3.89. The molecule has 0 saturated carbocycles. The number of rotatable bonds is 14. The molecule has 0 saturated heterocycles. The van der Waals surface area contributed by atoms with Crippen LogP contribution in [0, 0.1) is 11.8 Å². The van der Waals surface area contributed by atoms with Crippen LogP contribution in [0.3, 0.4) is 0 Å². The third-order valence-electron chi connectivity index (χ3n) is 5.66. The molecule has 1 aromatic carbocycles. The Hall–Kier alpha value is -3.53. The topological polar surface area (TPSA) is 150 Å².